The molecule has 0 aliphatic rings. The van der Waals surface area contributed by atoms with Crippen molar-refractivity contribution in [1.29, 1.82) is 0 Å². The minimum Gasteiger partial charge on any atom is -0.495 e. The van der Waals surface area contributed by atoms with E-state index < -0.39 is 0 Å². The summed E-state index contributed by atoms with van der Waals surface area (Å²) in [6, 6.07) is 9.16. The lowest BCUT2D eigenvalue weighted by molar-refractivity contribution is 0.102. The molecule has 0 spiro atoms. The lowest BCUT2D eigenvalue weighted by Gasteiger charge is -2.12. The molecule has 6 heteroatoms. The zero-order valence-corrected chi connectivity index (χ0v) is 16.0. The van der Waals surface area contributed by atoms with Crippen LogP contribution in [0.15, 0.2) is 41.0 Å². The van der Waals surface area contributed by atoms with Crippen molar-refractivity contribution in [1.82, 2.24) is 4.57 Å². The van der Waals surface area contributed by atoms with Gasteiger partial charge in [-0.3, -0.25) is 4.79 Å². The zero-order valence-electron chi connectivity index (χ0n) is 15.2. The van der Waals surface area contributed by atoms with Gasteiger partial charge in [0.2, 0.25) is 0 Å². The molecule has 0 saturated heterocycles. The number of nitrogens with zero attached hydrogens (tertiary/aromatic N) is 1. The topological polar surface area (TPSA) is 56.4 Å². The summed E-state index contributed by atoms with van der Waals surface area (Å²) in [6.45, 7) is 6.36. The highest BCUT2D eigenvalue weighted by Crippen LogP contribution is 2.31. The third kappa shape index (κ3) is 3.48. The van der Waals surface area contributed by atoms with Crippen molar-refractivity contribution in [2.24, 2.45) is 0 Å². The highest BCUT2D eigenvalue weighted by molar-refractivity contribution is 6.31. The van der Waals surface area contributed by atoms with Crippen LogP contribution in [0.5, 0.6) is 5.75 Å². The van der Waals surface area contributed by atoms with Gasteiger partial charge in [-0.1, -0.05) is 11.6 Å². The molecule has 1 N–H and O–H groups in total. The Labute approximate surface area is 157 Å². The summed E-state index contributed by atoms with van der Waals surface area (Å²) < 4.78 is 12.8. The second-order valence-corrected chi connectivity index (χ2v) is 6.61. The number of benzene rings is 1. The number of hydrogen-bond donors (Lipinski definition) is 1. The van der Waals surface area contributed by atoms with Crippen molar-refractivity contribution in [3.8, 4) is 5.75 Å². The Morgan fingerprint density at radius 2 is 2.04 bits per heavy atom. The van der Waals surface area contributed by atoms with E-state index >= 15 is 0 Å². The molecule has 26 heavy (non-hydrogen) atoms. The smallest absolute Gasteiger partial charge is 0.257 e. The van der Waals surface area contributed by atoms with E-state index in [1.54, 1.807) is 25.5 Å². The lowest BCUT2D eigenvalue weighted by Crippen LogP contribution is -2.14. The molecule has 0 unspecified atom stereocenters. The number of ether oxygens (including phenoxy) is 1. The molecule has 1 aromatic carbocycles. The fourth-order valence-corrected chi connectivity index (χ4v) is 3.11. The third-order valence-corrected chi connectivity index (χ3v) is 4.85. The van der Waals surface area contributed by atoms with Gasteiger partial charge in [-0.15, -0.1) is 0 Å². The molecule has 1 amide bonds. The number of amides is 1. The van der Waals surface area contributed by atoms with Gasteiger partial charge in [0.15, 0.2) is 0 Å². The maximum absolute atomic E-state index is 12.8. The summed E-state index contributed by atoms with van der Waals surface area (Å²) in [4.78, 5) is 12.8. The van der Waals surface area contributed by atoms with Crippen molar-refractivity contribution in [3.63, 3.8) is 0 Å². The highest BCUT2D eigenvalue weighted by atomic mass is 35.5. The van der Waals surface area contributed by atoms with Crippen molar-refractivity contribution in [2.45, 2.75) is 27.3 Å². The first-order chi connectivity index (χ1) is 12.4. The van der Waals surface area contributed by atoms with Crippen molar-refractivity contribution >= 4 is 23.2 Å². The van der Waals surface area contributed by atoms with Crippen molar-refractivity contribution in [3.05, 3.63) is 69.9 Å². The summed E-state index contributed by atoms with van der Waals surface area (Å²) in [5.74, 6) is 1.18. The fraction of sp³-hybridized carbons (Fsp3) is 0.250. The Hall–Kier alpha value is -2.66. The summed E-state index contributed by atoms with van der Waals surface area (Å²) in [7, 11) is 1.55. The standard InChI is InChI=1S/C20H21ClN2O3/c1-12-8-18(19(25-4)10-17(12)21)22-20(24)16-9-13(2)23(14(16)3)11-15-6-5-7-26-15/h5-10H,11H2,1-4H3,(H,22,24). The van der Waals surface area contributed by atoms with Crippen LogP contribution in [0.4, 0.5) is 5.69 Å². The number of aromatic nitrogens is 1. The number of hydrogen-bond acceptors (Lipinski definition) is 3. The van der Waals surface area contributed by atoms with Gasteiger partial charge in [0.05, 0.1) is 31.2 Å². The lowest BCUT2D eigenvalue weighted by atomic mass is 10.2. The molecule has 0 bridgehead atoms. The van der Waals surface area contributed by atoms with Crippen LogP contribution in [-0.2, 0) is 6.54 Å². The second-order valence-electron chi connectivity index (χ2n) is 6.21. The number of anilines is 1. The summed E-state index contributed by atoms with van der Waals surface area (Å²) in [6.07, 6.45) is 1.65. The molecule has 0 aliphatic carbocycles. The molecule has 5 nitrogen and oxygen atoms in total. The first-order valence-electron chi connectivity index (χ1n) is 8.25. The van der Waals surface area contributed by atoms with E-state index in [0.717, 1.165) is 22.7 Å². The van der Waals surface area contributed by atoms with E-state index in [0.29, 0.717) is 28.6 Å². The van der Waals surface area contributed by atoms with E-state index in [1.165, 1.54) is 0 Å². The number of carbonyl (C=O) groups is 1. The van der Waals surface area contributed by atoms with Crippen LogP contribution in [-0.4, -0.2) is 17.6 Å². The van der Waals surface area contributed by atoms with Crippen LogP contribution in [0.25, 0.3) is 0 Å². The molecule has 0 radical (unpaired) electrons. The average molecular weight is 373 g/mol. The average Bonchev–Trinajstić information content (AvgIpc) is 3.21. The van der Waals surface area contributed by atoms with Gasteiger partial charge < -0.3 is 19.0 Å². The molecule has 0 aliphatic heterocycles. The number of methoxy groups -OCH3 is 1. The van der Waals surface area contributed by atoms with E-state index in [4.69, 9.17) is 20.8 Å². The quantitative estimate of drug-likeness (QED) is 0.688. The fourth-order valence-electron chi connectivity index (χ4n) is 2.95. The van der Waals surface area contributed by atoms with Crippen LogP contribution in [0, 0.1) is 20.8 Å². The minimum atomic E-state index is -0.191. The summed E-state index contributed by atoms with van der Waals surface area (Å²) in [5, 5.41) is 3.52. The Kier molecular flexibility index (Phi) is 5.09. The predicted octanol–water partition coefficient (Wildman–Crippen LogP) is 4.97. The van der Waals surface area contributed by atoms with Crippen molar-refractivity contribution in [2.75, 3.05) is 12.4 Å². The Morgan fingerprint density at radius 3 is 2.69 bits per heavy atom. The molecule has 3 rings (SSSR count). The summed E-state index contributed by atoms with van der Waals surface area (Å²) in [5.41, 5.74) is 3.94. The van der Waals surface area contributed by atoms with Crippen LogP contribution >= 0.6 is 11.6 Å². The second kappa shape index (κ2) is 7.30. The largest absolute Gasteiger partial charge is 0.495 e. The minimum absolute atomic E-state index is 0.191. The van der Waals surface area contributed by atoms with E-state index in [-0.39, 0.29) is 5.91 Å². The van der Waals surface area contributed by atoms with E-state index in [2.05, 4.69) is 9.88 Å². The van der Waals surface area contributed by atoms with Gasteiger partial charge in [-0.25, -0.2) is 0 Å². The third-order valence-electron chi connectivity index (χ3n) is 4.44. The number of rotatable bonds is 5. The molecule has 136 valence electrons. The maximum atomic E-state index is 12.8. The van der Waals surface area contributed by atoms with Gasteiger partial charge in [-0.05, 0) is 50.6 Å². The number of nitrogens with one attached hydrogen (secondary N) is 1. The molecule has 3 aromatic rings. The van der Waals surface area contributed by atoms with Crippen molar-refractivity contribution < 1.29 is 13.9 Å². The van der Waals surface area contributed by atoms with Gasteiger partial charge in [0, 0.05) is 22.5 Å². The normalized spacial score (nSPS) is 10.8. The molecule has 0 fully saturated rings. The molecular formula is C20H21ClN2O3. The molecular weight excluding hydrogens is 352 g/mol. The Balaban J connectivity index is 1.88. The first-order valence-corrected chi connectivity index (χ1v) is 8.63. The highest BCUT2D eigenvalue weighted by Gasteiger charge is 2.18. The van der Waals surface area contributed by atoms with Crippen LogP contribution < -0.4 is 10.1 Å². The van der Waals surface area contributed by atoms with Crippen LogP contribution in [0.1, 0.15) is 33.1 Å². The van der Waals surface area contributed by atoms with Crippen LogP contribution in [0.2, 0.25) is 5.02 Å². The Morgan fingerprint density at radius 1 is 1.27 bits per heavy atom. The Bertz CT molecular complexity index is 943. The number of halogens is 1. The molecule has 0 saturated carbocycles. The van der Waals surface area contributed by atoms with Gasteiger partial charge >= 0.3 is 0 Å². The number of furan rings is 1. The molecule has 2 heterocycles. The number of aryl methyl sites for hydroxylation is 2. The van der Waals surface area contributed by atoms with Crippen LogP contribution in [0.3, 0.4) is 0 Å². The van der Waals surface area contributed by atoms with Gasteiger partial charge in [0.1, 0.15) is 11.5 Å². The molecule has 2 aromatic heterocycles. The number of carbonyl (C=O) groups excluding carboxylic acids is 1. The maximum Gasteiger partial charge on any atom is 0.257 e. The van der Waals surface area contributed by atoms with E-state index in [9.17, 15) is 4.79 Å². The monoisotopic (exact) mass is 372 g/mol. The van der Waals surface area contributed by atoms with Gasteiger partial charge in [-0.2, -0.15) is 0 Å². The van der Waals surface area contributed by atoms with Gasteiger partial charge in [0.25, 0.3) is 5.91 Å². The SMILES string of the molecule is COc1cc(Cl)c(C)cc1NC(=O)c1cc(C)n(Cc2ccco2)c1C. The van der Waals surface area contributed by atoms with E-state index in [1.807, 2.05) is 39.0 Å². The first kappa shape index (κ1) is 18.1. The zero-order chi connectivity index (χ0) is 18.8. The predicted molar refractivity (Wildman–Crippen MR) is 102 cm³/mol. The summed E-state index contributed by atoms with van der Waals surface area (Å²) >= 11 is 6.13. The molecule has 0 atom stereocenters.